The van der Waals surface area contributed by atoms with E-state index in [4.69, 9.17) is 4.74 Å². The number of pyridine rings is 1. The van der Waals surface area contributed by atoms with Crippen molar-refractivity contribution in [3.63, 3.8) is 0 Å². The number of benzene rings is 1. The average molecular weight is 314 g/mol. The van der Waals surface area contributed by atoms with E-state index in [-0.39, 0.29) is 11.5 Å². The van der Waals surface area contributed by atoms with Gasteiger partial charge in [0, 0.05) is 24.4 Å². The van der Waals surface area contributed by atoms with Crippen LogP contribution >= 0.6 is 0 Å². The summed E-state index contributed by atoms with van der Waals surface area (Å²) in [6, 6.07) is 9.61. The summed E-state index contributed by atoms with van der Waals surface area (Å²) in [7, 11) is 0. The summed E-state index contributed by atoms with van der Waals surface area (Å²) < 4.78 is 4.93. The maximum atomic E-state index is 12.2. The highest BCUT2D eigenvalue weighted by molar-refractivity contribution is 5.98. The first kappa shape index (κ1) is 14.8. The van der Waals surface area contributed by atoms with Crippen molar-refractivity contribution >= 4 is 17.6 Å². The number of ether oxygens (including phenoxy) is 1. The molecule has 2 heterocycles. The molecule has 0 unspecified atom stereocenters. The third-order valence-electron chi connectivity index (χ3n) is 3.58. The van der Waals surface area contributed by atoms with Gasteiger partial charge in [0.15, 0.2) is 12.5 Å². The van der Waals surface area contributed by atoms with Crippen molar-refractivity contribution in [2.75, 3.05) is 18.1 Å². The van der Waals surface area contributed by atoms with E-state index in [0.29, 0.717) is 6.54 Å². The minimum Gasteiger partial charge on any atom is -0.494 e. The van der Waals surface area contributed by atoms with E-state index in [1.54, 1.807) is 4.90 Å². The average Bonchev–Trinajstić information content (AvgIpc) is 2.95. The molecule has 0 aliphatic carbocycles. The lowest BCUT2D eigenvalue weighted by molar-refractivity contribution is -0.121. The van der Waals surface area contributed by atoms with Gasteiger partial charge < -0.3 is 14.7 Å². The quantitative estimate of drug-likeness (QED) is 0.817. The molecule has 1 aromatic heterocycles. The molecule has 0 atom stereocenters. The smallest absolute Gasteiger partial charge is 0.339 e. The molecule has 1 aliphatic heterocycles. The topological polar surface area (TPSA) is 99.7 Å². The molecule has 0 bridgehead atoms. The molecule has 1 aromatic carbocycles. The number of para-hydroxylation sites is 1. The van der Waals surface area contributed by atoms with Gasteiger partial charge in [0.1, 0.15) is 0 Å². The Morgan fingerprint density at radius 2 is 2.04 bits per heavy atom. The van der Waals surface area contributed by atoms with Crippen LogP contribution in [0.25, 0.3) is 0 Å². The van der Waals surface area contributed by atoms with Crippen LogP contribution in [0.3, 0.4) is 0 Å². The summed E-state index contributed by atoms with van der Waals surface area (Å²) in [6.07, 6.45) is 0.762. The largest absolute Gasteiger partial charge is 0.494 e. The Kier molecular flexibility index (Phi) is 3.84. The molecule has 0 spiro atoms. The van der Waals surface area contributed by atoms with Gasteiger partial charge in [0.2, 0.25) is 0 Å². The molecule has 0 saturated heterocycles. The van der Waals surface area contributed by atoms with Crippen LogP contribution in [0.5, 0.6) is 5.88 Å². The van der Waals surface area contributed by atoms with Gasteiger partial charge in [-0.2, -0.15) is 0 Å². The Balaban J connectivity index is 1.66. The normalized spacial score (nSPS) is 12.8. The molecule has 1 aliphatic rings. The molecule has 1 amide bonds. The van der Waals surface area contributed by atoms with Crippen LogP contribution in [0.1, 0.15) is 15.9 Å². The zero-order chi connectivity index (χ0) is 16.4. The molecule has 0 radical (unpaired) electrons. The van der Waals surface area contributed by atoms with Crippen molar-refractivity contribution in [1.82, 2.24) is 4.98 Å². The zero-order valence-electron chi connectivity index (χ0n) is 12.1. The maximum Gasteiger partial charge on any atom is 0.339 e. The predicted octanol–water partition coefficient (Wildman–Crippen LogP) is 0.827. The minimum atomic E-state index is -0.841. The number of anilines is 1. The second kappa shape index (κ2) is 5.96. The number of nitrogens with one attached hydrogen (secondary N) is 1. The summed E-state index contributed by atoms with van der Waals surface area (Å²) in [6.45, 7) is 0.113. The lowest BCUT2D eigenvalue weighted by Gasteiger charge is -2.17. The van der Waals surface area contributed by atoms with E-state index < -0.39 is 24.0 Å². The number of carbonyl (C=O) groups excluding carboxylic acids is 2. The van der Waals surface area contributed by atoms with E-state index in [2.05, 4.69) is 4.98 Å². The van der Waals surface area contributed by atoms with Gasteiger partial charge in [-0.3, -0.25) is 14.6 Å². The van der Waals surface area contributed by atoms with Crippen LogP contribution < -0.4 is 10.5 Å². The molecule has 23 heavy (non-hydrogen) atoms. The summed E-state index contributed by atoms with van der Waals surface area (Å²) >= 11 is 0. The highest BCUT2D eigenvalue weighted by atomic mass is 16.5. The van der Waals surface area contributed by atoms with Crippen molar-refractivity contribution in [3.05, 3.63) is 57.9 Å². The number of aromatic amines is 1. The van der Waals surface area contributed by atoms with Crippen molar-refractivity contribution in [3.8, 4) is 5.88 Å². The van der Waals surface area contributed by atoms with Crippen LogP contribution in [0.2, 0.25) is 0 Å². The van der Waals surface area contributed by atoms with Crippen LogP contribution in [0, 0.1) is 0 Å². The van der Waals surface area contributed by atoms with Crippen LogP contribution in [0.4, 0.5) is 5.69 Å². The van der Waals surface area contributed by atoms with Gasteiger partial charge >= 0.3 is 5.97 Å². The van der Waals surface area contributed by atoms with Gasteiger partial charge in [0.05, 0.1) is 5.56 Å². The lowest BCUT2D eigenvalue weighted by Crippen LogP contribution is -2.33. The van der Waals surface area contributed by atoms with Gasteiger partial charge in [-0.05, 0) is 18.1 Å². The number of aromatic hydroxyl groups is 1. The number of H-pyrrole nitrogens is 1. The monoisotopic (exact) mass is 314 g/mol. The summed E-state index contributed by atoms with van der Waals surface area (Å²) in [4.78, 5) is 38.9. The van der Waals surface area contributed by atoms with E-state index in [1.165, 1.54) is 0 Å². The number of hydrogen-bond donors (Lipinski definition) is 2. The van der Waals surface area contributed by atoms with E-state index >= 15 is 0 Å². The highest BCUT2D eigenvalue weighted by Crippen LogP contribution is 2.27. The predicted molar refractivity (Wildman–Crippen MR) is 81.5 cm³/mol. The highest BCUT2D eigenvalue weighted by Gasteiger charge is 2.25. The molecule has 7 nitrogen and oxygen atoms in total. The maximum absolute atomic E-state index is 12.2. The fraction of sp³-hybridized carbons (Fsp3) is 0.188. The number of aromatic nitrogens is 1. The molecule has 3 rings (SSSR count). The lowest BCUT2D eigenvalue weighted by atomic mass is 10.2. The Hall–Kier alpha value is -3.09. The van der Waals surface area contributed by atoms with Gasteiger partial charge in [-0.1, -0.05) is 18.2 Å². The second-order valence-corrected chi connectivity index (χ2v) is 5.12. The number of carbonyl (C=O) groups is 2. The molecular formula is C16H14N2O5. The first-order chi connectivity index (χ1) is 11.0. The SMILES string of the molecule is O=C(OCC(=O)N1CCc2ccccc21)c1cc(O)[nH]c(=O)c1. The van der Waals surface area contributed by atoms with Crippen LogP contribution in [-0.2, 0) is 16.0 Å². The number of fused-ring (bicyclic) bond motifs is 1. The first-order valence-corrected chi connectivity index (χ1v) is 7.03. The number of hydrogen-bond acceptors (Lipinski definition) is 5. The van der Waals surface area contributed by atoms with Gasteiger partial charge in [-0.15, -0.1) is 0 Å². The molecule has 0 saturated carbocycles. The number of amides is 1. The summed E-state index contributed by atoms with van der Waals surface area (Å²) in [5.41, 5.74) is 1.16. The molecule has 118 valence electrons. The molecule has 2 aromatic rings. The second-order valence-electron chi connectivity index (χ2n) is 5.12. The fourth-order valence-corrected chi connectivity index (χ4v) is 2.53. The zero-order valence-corrected chi connectivity index (χ0v) is 12.1. The number of esters is 1. The number of nitrogens with zero attached hydrogens (tertiary/aromatic N) is 1. The van der Waals surface area contributed by atoms with Gasteiger partial charge in [0.25, 0.3) is 11.5 Å². The number of rotatable bonds is 3. The van der Waals surface area contributed by atoms with E-state index in [0.717, 1.165) is 29.8 Å². The standard InChI is InChI=1S/C16H14N2O5/c19-13-7-11(8-14(20)17-13)16(22)23-9-15(21)18-6-5-10-3-1-2-4-12(10)18/h1-4,7-8H,5-6,9H2,(H2,17,19,20). The van der Waals surface area contributed by atoms with Crippen molar-refractivity contribution < 1.29 is 19.4 Å². The Labute approximate surface area is 131 Å². The van der Waals surface area contributed by atoms with Crippen LogP contribution in [-0.4, -0.2) is 35.1 Å². The van der Waals surface area contributed by atoms with Crippen molar-refractivity contribution in [2.24, 2.45) is 0 Å². The van der Waals surface area contributed by atoms with Crippen molar-refractivity contribution in [1.29, 1.82) is 0 Å². The summed E-state index contributed by atoms with van der Waals surface area (Å²) in [5, 5.41) is 9.26. The van der Waals surface area contributed by atoms with E-state index in [9.17, 15) is 19.5 Å². The van der Waals surface area contributed by atoms with Crippen molar-refractivity contribution in [2.45, 2.75) is 6.42 Å². The Morgan fingerprint density at radius 3 is 2.83 bits per heavy atom. The Bertz CT molecular complexity index is 827. The molecule has 7 heteroatoms. The summed E-state index contributed by atoms with van der Waals surface area (Å²) in [5.74, 6) is -1.62. The van der Waals surface area contributed by atoms with Gasteiger partial charge in [-0.25, -0.2) is 4.79 Å². The molecular weight excluding hydrogens is 300 g/mol. The first-order valence-electron chi connectivity index (χ1n) is 7.03. The third-order valence-corrected chi connectivity index (χ3v) is 3.58. The Morgan fingerprint density at radius 1 is 1.26 bits per heavy atom. The van der Waals surface area contributed by atoms with Crippen LogP contribution in [0.15, 0.2) is 41.2 Å². The van der Waals surface area contributed by atoms with E-state index in [1.807, 2.05) is 24.3 Å². The fourth-order valence-electron chi connectivity index (χ4n) is 2.53. The minimum absolute atomic E-state index is 0.110. The molecule has 0 fully saturated rings. The third kappa shape index (κ3) is 3.08. The molecule has 2 N–H and O–H groups in total.